The Bertz CT molecular complexity index is 386. The van der Waals surface area contributed by atoms with E-state index < -0.39 is 15.0 Å². The van der Waals surface area contributed by atoms with Crippen molar-refractivity contribution < 1.29 is 42.5 Å². The minimum atomic E-state index is -4.46. The van der Waals surface area contributed by atoms with Gasteiger partial charge in [0.05, 0.1) is 4.90 Å². The average molecular weight is 230 g/mol. The maximum absolute atomic E-state index is 10.5. The maximum atomic E-state index is 10.5. The first-order valence-electron chi connectivity index (χ1n) is 2.91. The predicted molar refractivity (Wildman–Crippen MR) is 43.8 cm³/mol. The molecule has 0 saturated carbocycles. The molecule has 1 aromatic rings. The molecule has 0 bridgehead atoms. The molecule has 1 aromatic carbocycles. The summed E-state index contributed by atoms with van der Waals surface area (Å²) in [5.74, 6) is 0. The fourth-order valence-electron chi connectivity index (χ4n) is 0.729. The Kier molecular flexibility index (Phi) is 4.71. The first kappa shape index (κ1) is 13.2. The van der Waals surface area contributed by atoms with Gasteiger partial charge < -0.3 is 10.3 Å². The second-order valence-corrected chi connectivity index (χ2v) is 3.99. The third-order valence-corrected chi connectivity index (χ3v) is 2.21. The van der Waals surface area contributed by atoms with E-state index in [4.69, 9.17) is 17.3 Å². The predicted octanol–water partition coefficient (Wildman–Crippen LogP) is -2.17. The Morgan fingerprint density at radius 3 is 2.23 bits per heavy atom. The van der Waals surface area contributed by atoms with Crippen molar-refractivity contribution in [2.75, 3.05) is 5.73 Å². The van der Waals surface area contributed by atoms with Crippen molar-refractivity contribution in [2.45, 2.75) is 4.90 Å². The van der Waals surface area contributed by atoms with Gasteiger partial charge >= 0.3 is 29.6 Å². The quantitative estimate of drug-likeness (QED) is 0.338. The molecule has 4 nitrogen and oxygen atoms in total. The molecule has 0 saturated heterocycles. The minimum absolute atomic E-state index is 0. The van der Waals surface area contributed by atoms with E-state index in [1.54, 1.807) is 0 Å². The first-order chi connectivity index (χ1) is 5.39. The molecule has 0 aliphatic heterocycles. The number of halogens is 1. The molecule has 0 fully saturated rings. The van der Waals surface area contributed by atoms with Gasteiger partial charge in [0.1, 0.15) is 10.1 Å². The van der Waals surface area contributed by atoms with Gasteiger partial charge in [-0.1, -0.05) is 11.6 Å². The van der Waals surface area contributed by atoms with E-state index in [0.717, 1.165) is 12.1 Å². The monoisotopic (exact) mass is 229 g/mol. The zero-order valence-electron chi connectivity index (χ0n) is 6.82. The molecule has 0 atom stereocenters. The number of nitrogens with two attached hydrogens (primary N) is 1. The summed E-state index contributed by atoms with van der Waals surface area (Å²) in [4.78, 5) is -0.410. The summed E-state index contributed by atoms with van der Waals surface area (Å²) in [7, 11) is -4.46. The van der Waals surface area contributed by atoms with Gasteiger partial charge in [0, 0.05) is 10.7 Å². The van der Waals surface area contributed by atoms with Crippen LogP contribution in [-0.4, -0.2) is 13.0 Å². The molecule has 0 unspecified atom stereocenters. The zero-order valence-corrected chi connectivity index (χ0v) is 10.4. The van der Waals surface area contributed by atoms with Crippen molar-refractivity contribution in [1.29, 1.82) is 0 Å². The van der Waals surface area contributed by atoms with Crippen LogP contribution < -0.4 is 35.3 Å². The number of rotatable bonds is 1. The standard InChI is InChI=1S/C6H6ClNO3S.Na/c7-4-1-5(8)3-6(2-4)12(9,10)11;/h1-3H,8H2,(H,9,10,11);/q;+1/p-1. The summed E-state index contributed by atoms with van der Waals surface area (Å²) < 4.78 is 31.4. The van der Waals surface area contributed by atoms with Gasteiger partial charge in [-0.3, -0.25) is 0 Å². The number of benzene rings is 1. The van der Waals surface area contributed by atoms with Crippen molar-refractivity contribution >= 4 is 27.4 Å². The number of hydrogen-bond donors (Lipinski definition) is 1. The van der Waals surface area contributed by atoms with E-state index in [1.807, 2.05) is 0 Å². The summed E-state index contributed by atoms with van der Waals surface area (Å²) in [6, 6.07) is 3.48. The third kappa shape index (κ3) is 3.84. The Labute approximate surface area is 103 Å². The van der Waals surface area contributed by atoms with Crippen LogP contribution in [0.5, 0.6) is 0 Å². The molecular formula is C6H5ClNNaO3S. The fourth-order valence-corrected chi connectivity index (χ4v) is 1.59. The van der Waals surface area contributed by atoms with Crippen LogP contribution in [0.25, 0.3) is 0 Å². The van der Waals surface area contributed by atoms with Gasteiger partial charge in [0.25, 0.3) is 0 Å². The summed E-state index contributed by atoms with van der Waals surface area (Å²) >= 11 is 5.47. The van der Waals surface area contributed by atoms with Crippen LogP contribution in [0.15, 0.2) is 23.1 Å². The topological polar surface area (TPSA) is 83.2 Å². The number of nitrogen functional groups attached to an aromatic ring is 1. The first-order valence-corrected chi connectivity index (χ1v) is 4.70. The van der Waals surface area contributed by atoms with E-state index in [2.05, 4.69) is 0 Å². The Morgan fingerprint density at radius 1 is 1.31 bits per heavy atom. The molecular weight excluding hydrogens is 225 g/mol. The molecule has 0 aliphatic carbocycles. The third-order valence-electron chi connectivity index (χ3n) is 1.18. The molecule has 0 heterocycles. The SMILES string of the molecule is Nc1cc(Cl)cc(S(=O)(=O)[O-])c1.[Na+]. The average Bonchev–Trinajstić information content (AvgIpc) is 1.82. The molecule has 0 amide bonds. The van der Waals surface area contributed by atoms with Gasteiger partial charge in [-0.2, -0.15) is 0 Å². The summed E-state index contributed by atoms with van der Waals surface area (Å²) in [5, 5.41) is 0.129. The van der Waals surface area contributed by atoms with Gasteiger partial charge in [0.15, 0.2) is 0 Å². The number of anilines is 1. The normalized spacial score (nSPS) is 10.6. The smallest absolute Gasteiger partial charge is 0.744 e. The van der Waals surface area contributed by atoms with Crippen LogP contribution in [0.3, 0.4) is 0 Å². The Hall–Kier alpha value is 0.220. The Balaban J connectivity index is 0.00000144. The summed E-state index contributed by atoms with van der Waals surface area (Å²) in [6.45, 7) is 0. The molecule has 0 spiro atoms. The van der Waals surface area contributed by atoms with Crippen LogP contribution in [0.2, 0.25) is 5.02 Å². The summed E-state index contributed by atoms with van der Waals surface area (Å²) in [6.07, 6.45) is 0. The van der Waals surface area contributed by atoms with Gasteiger partial charge in [-0.25, -0.2) is 8.42 Å². The van der Waals surface area contributed by atoms with E-state index in [0.29, 0.717) is 0 Å². The van der Waals surface area contributed by atoms with Crippen LogP contribution in [-0.2, 0) is 10.1 Å². The fraction of sp³-hybridized carbons (Fsp3) is 0. The van der Waals surface area contributed by atoms with Crippen LogP contribution >= 0.6 is 11.6 Å². The maximum Gasteiger partial charge on any atom is 1.00 e. The molecule has 0 aliphatic rings. The van der Waals surface area contributed by atoms with E-state index in [1.165, 1.54) is 6.07 Å². The van der Waals surface area contributed by atoms with Crippen molar-refractivity contribution in [3.63, 3.8) is 0 Å². The van der Waals surface area contributed by atoms with Crippen LogP contribution in [0, 0.1) is 0 Å². The molecule has 13 heavy (non-hydrogen) atoms. The Morgan fingerprint density at radius 2 is 1.85 bits per heavy atom. The van der Waals surface area contributed by atoms with Crippen LogP contribution in [0.1, 0.15) is 0 Å². The van der Waals surface area contributed by atoms with Crippen molar-refractivity contribution in [2.24, 2.45) is 0 Å². The molecule has 0 radical (unpaired) electrons. The summed E-state index contributed by atoms with van der Waals surface area (Å²) in [5.41, 5.74) is 5.42. The second kappa shape index (κ2) is 4.63. The van der Waals surface area contributed by atoms with Crippen LogP contribution in [0.4, 0.5) is 5.69 Å². The van der Waals surface area contributed by atoms with Crippen molar-refractivity contribution in [3.05, 3.63) is 23.2 Å². The second-order valence-electron chi connectivity index (χ2n) is 2.17. The van der Waals surface area contributed by atoms with Crippen molar-refractivity contribution in [3.8, 4) is 0 Å². The van der Waals surface area contributed by atoms with Gasteiger partial charge in [-0.05, 0) is 18.2 Å². The van der Waals surface area contributed by atoms with E-state index in [9.17, 15) is 13.0 Å². The number of hydrogen-bond acceptors (Lipinski definition) is 4. The van der Waals surface area contributed by atoms with Crippen molar-refractivity contribution in [1.82, 2.24) is 0 Å². The van der Waals surface area contributed by atoms with E-state index >= 15 is 0 Å². The molecule has 1 rings (SSSR count). The largest absolute Gasteiger partial charge is 1.00 e. The van der Waals surface area contributed by atoms with E-state index in [-0.39, 0.29) is 40.3 Å². The van der Waals surface area contributed by atoms with Gasteiger partial charge in [-0.15, -0.1) is 0 Å². The zero-order chi connectivity index (χ0) is 9.35. The molecule has 66 valence electrons. The molecule has 2 N–H and O–H groups in total. The van der Waals surface area contributed by atoms with Gasteiger partial charge in [0.2, 0.25) is 0 Å². The minimum Gasteiger partial charge on any atom is -0.744 e. The molecule has 7 heteroatoms. The molecule has 0 aromatic heterocycles.